The fourth-order valence-corrected chi connectivity index (χ4v) is 2.48. The van der Waals surface area contributed by atoms with E-state index in [4.69, 9.17) is 0 Å². The van der Waals surface area contributed by atoms with Crippen molar-refractivity contribution in [2.24, 2.45) is 0 Å². The third-order valence-corrected chi connectivity index (χ3v) is 3.76. The van der Waals surface area contributed by atoms with Gasteiger partial charge in [-0.05, 0) is 54.0 Å². The summed E-state index contributed by atoms with van der Waals surface area (Å²) in [4.78, 5) is 14.4. The molecular weight excluding hydrogens is 313 g/mol. The van der Waals surface area contributed by atoms with Crippen molar-refractivity contribution in [1.82, 2.24) is 4.90 Å². The quantitative estimate of drug-likeness (QED) is 0.776. The van der Waals surface area contributed by atoms with Gasteiger partial charge in [0.15, 0.2) is 0 Å². The van der Waals surface area contributed by atoms with Crippen molar-refractivity contribution in [3.8, 4) is 0 Å². The molecule has 2 nitrogen and oxygen atoms in total. The predicted molar refractivity (Wildman–Crippen MR) is 73.5 cm³/mol. The largest absolute Gasteiger partial charge is 0.336 e. The van der Waals surface area contributed by atoms with E-state index < -0.39 is 0 Å². The second-order valence-corrected chi connectivity index (χ2v) is 5.37. The van der Waals surface area contributed by atoms with Crippen LogP contribution >= 0.6 is 22.6 Å². The summed E-state index contributed by atoms with van der Waals surface area (Å²) in [5.41, 5.74) is 0.850. The molecule has 1 aromatic carbocycles. The van der Waals surface area contributed by atoms with Crippen LogP contribution in [-0.2, 0) is 0 Å². The first-order chi connectivity index (χ1) is 7.74. The lowest BCUT2D eigenvalue weighted by Crippen LogP contribution is -2.34. The van der Waals surface area contributed by atoms with Crippen LogP contribution in [0.1, 0.15) is 36.5 Å². The van der Waals surface area contributed by atoms with Gasteiger partial charge in [-0.2, -0.15) is 0 Å². The number of carbonyl (C=O) groups is 1. The lowest BCUT2D eigenvalue weighted by Gasteiger charge is -2.22. The number of hydrogen-bond acceptors (Lipinski definition) is 1. The van der Waals surface area contributed by atoms with Gasteiger partial charge < -0.3 is 4.90 Å². The molecule has 3 heteroatoms. The molecule has 0 N–H and O–H groups in total. The molecule has 0 radical (unpaired) electrons. The lowest BCUT2D eigenvalue weighted by molar-refractivity contribution is 0.0742. The van der Waals surface area contributed by atoms with Gasteiger partial charge in [0.05, 0.1) is 5.56 Å². The van der Waals surface area contributed by atoms with Gasteiger partial charge in [0.25, 0.3) is 5.91 Å². The first-order valence-corrected chi connectivity index (χ1v) is 6.87. The van der Waals surface area contributed by atoms with Gasteiger partial charge in [-0.3, -0.25) is 4.79 Å². The van der Waals surface area contributed by atoms with E-state index >= 15 is 0 Å². The highest BCUT2D eigenvalue weighted by Crippen LogP contribution is 2.29. The number of nitrogens with zero attached hydrogens (tertiary/aromatic N) is 1. The number of hydrogen-bond donors (Lipinski definition) is 0. The van der Waals surface area contributed by atoms with Crippen LogP contribution < -0.4 is 0 Å². The molecule has 1 aliphatic rings. The third-order valence-electron chi connectivity index (χ3n) is 2.82. The zero-order valence-electron chi connectivity index (χ0n) is 9.45. The SMILES string of the molecule is CCCN(C(=O)c1ccccc1I)C1CC1. The molecule has 1 aliphatic carbocycles. The van der Waals surface area contributed by atoms with Crippen LogP contribution in [0.2, 0.25) is 0 Å². The van der Waals surface area contributed by atoms with Crippen LogP contribution in [0.15, 0.2) is 24.3 Å². The predicted octanol–water partition coefficient (Wildman–Crippen LogP) is 3.31. The number of halogens is 1. The van der Waals surface area contributed by atoms with E-state index in [2.05, 4.69) is 29.5 Å². The van der Waals surface area contributed by atoms with Crippen LogP contribution in [0.4, 0.5) is 0 Å². The molecule has 86 valence electrons. The van der Waals surface area contributed by atoms with E-state index in [0.717, 1.165) is 22.1 Å². The fourth-order valence-electron chi connectivity index (χ4n) is 1.87. The lowest BCUT2D eigenvalue weighted by atomic mass is 10.2. The van der Waals surface area contributed by atoms with E-state index in [9.17, 15) is 4.79 Å². The van der Waals surface area contributed by atoms with Crippen LogP contribution in [0.5, 0.6) is 0 Å². The molecule has 16 heavy (non-hydrogen) atoms. The summed E-state index contributed by atoms with van der Waals surface area (Å²) in [7, 11) is 0. The van der Waals surface area contributed by atoms with Gasteiger partial charge in [-0.1, -0.05) is 19.1 Å². The normalized spacial score (nSPS) is 14.9. The number of benzene rings is 1. The summed E-state index contributed by atoms with van der Waals surface area (Å²) >= 11 is 2.23. The maximum Gasteiger partial charge on any atom is 0.255 e. The van der Waals surface area contributed by atoms with Gasteiger partial charge in [0.1, 0.15) is 0 Å². The monoisotopic (exact) mass is 329 g/mol. The van der Waals surface area contributed by atoms with Gasteiger partial charge in [-0.25, -0.2) is 0 Å². The molecule has 0 aromatic heterocycles. The number of carbonyl (C=O) groups excluding carboxylic acids is 1. The Morgan fingerprint density at radius 2 is 2.12 bits per heavy atom. The van der Waals surface area contributed by atoms with Gasteiger partial charge in [-0.15, -0.1) is 0 Å². The van der Waals surface area contributed by atoms with E-state index in [1.165, 1.54) is 12.8 Å². The van der Waals surface area contributed by atoms with Crippen molar-refractivity contribution in [2.45, 2.75) is 32.2 Å². The Morgan fingerprint density at radius 1 is 1.44 bits per heavy atom. The topological polar surface area (TPSA) is 20.3 Å². The van der Waals surface area contributed by atoms with Gasteiger partial charge >= 0.3 is 0 Å². The maximum atomic E-state index is 12.4. The summed E-state index contributed by atoms with van der Waals surface area (Å²) < 4.78 is 1.05. The Hall–Kier alpha value is -0.580. The molecule has 0 saturated heterocycles. The zero-order valence-corrected chi connectivity index (χ0v) is 11.6. The summed E-state index contributed by atoms with van der Waals surface area (Å²) in [6.45, 7) is 3.01. The summed E-state index contributed by atoms with van der Waals surface area (Å²) in [5.74, 6) is 0.203. The molecule has 0 atom stereocenters. The van der Waals surface area contributed by atoms with Gasteiger partial charge in [0.2, 0.25) is 0 Å². The Morgan fingerprint density at radius 3 is 2.69 bits per heavy atom. The van der Waals surface area contributed by atoms with Crippen LogP contribution in [-0.4, -0.2) is 23.4 Å². The zero-order chi connectivity index (χ0) is 11.5. The second kappa shape index (κ2) is 5.17. The highest BCUT2D eigenvalue weighted by Gasteiger charge is 2.32. The molecule has 1 amide bonds. The van der Waals surface area contributed by atoms with Crippen molar-refractivity contribution in [3.05, 3.63) is 33.4 Å². The molecule has 1 aromatic rings. The molecular formula is C13H16INO. The standard InChI is InChI=1S/C13H16INO/c1-2-9-15(10-7-8-10)13(16)11-5-3-4-6-12(11)14/h3-6,10H,2,7-9H2,1H3. The number of amides is 1. The molecule has 0 unspecified atom stereocenters. The Balaban J connectivity index is 2.19. The van der Waals surface area contributed by atoms with Crippen molar-refractivity contribution >= 4 is 28.5 Å². The van der Waals surface area contributed by atoms with E-state index in [1.54, 1.807) is 0 Å². The van der Waals surface area contributed by atoms with Crippen molar-refractivity contribution < 1.29 is 4.79 Å². The fraction of sp³-hybridized carbons (Fsp3) is 0.462. The first-order valence-electron chi connectivity index (χ1n) is 5.79. The third kappa shape index (κ3) is 2.56. The van der Waals surface area contributed by atoms with Gasteiger partial charge in [0, 0.05) is 16.2 Å². The minimum atomic E-state index is 0.203. The highest BCUT2D eigenvalue weighted by atomic mass is 127. The molecule has 0 spiro atoms. The average Bonchev–Trinajstić information content (AvgIpc) is 3.09. The minimum absolute atomic E-state index is 0.203. The molecule has 0 aliphatic heterocycles. The van der Waals surface area contributed by atoms with Crippen molar-refractivity contribution in [2.75, 3.05) is 6.54 Å². The maximum absolute atomic E-state index is 12.4. The average molecular weight is 329 g/mol. The number of rotatable bonds is 4. The molecule has 2 rings (SSSR count). The molecule has 0 bridgehead atoms. The summed E-state index contributed by atoms with van der Waals surface area (Å²) in [5, 5.41) is 0. The van der Waals surface area contributed by atoms with Crippen LogP contribution in [0.3, 0.4) is 0 Å². The van der Waals surface area contributed by atoms with E-state index in [0.29, 0.717) is 6.04 Å². The van der Waals surface area contributed by atoms with Crippen molar-refractivity contribution in [3.63, 3.8) is 0 Å². The Bertz CT molecular complexity index is 387. The molecule has 0 heterocycles. The van der Waals surface area contributed by atoms with E-state index in [-0.39, 0.29) is 5.91 Å². The van der Waals surface area contributed by atoms with E-state index in [1.807, 2.05) is 29.2 Å². The summed E-state index contributed by atoms with van der Waals surface area (Å²) in [6.07, 6.45) is 3.38. The van der Waals surface area contributed by atoms with Crippen molar-refractivity contribution in [1.29, 1.82) is 0 Å². The Labute approximate surface area is 110 Å². The Kier molecular flexibility index (Phi) is 3.84. The second-order valence-electron chi connectivity index (χ2n) is 4.21. The molecule has 1 saturated carbocycles. The molecule has 1 fully saturated rings. The summed E-state index contributed by atoms with van der Waals surface area (Å²) in [6, 6.07) is 8.33. The van der Waals surface area contributed by atoms with Crippen LogP contribution in [0, 0.1) is 3.57 Å². The first kappa shape index (κ1) is 11.9. The highest BCUT2D eigenvalue weighted by molar-refractivity contribution is 14.1. The van der Waals surface area contributed by atoms with Crippen LogP contribution in [0.25, 0.3) is 0 Å². The minimum Gasteiger partial charge on any atom is -0.336 e. The smallest absolute Gasteiger partial charge is 0.255 e.